The number of carbonyl (C=O) groups is 1. The maximum absolute atomic E-state index is 12.3. The number of benzene rings is 1. The molecule has 0 radical (unpaired) electrons. The van der Waals surface area contributed by atoms with E-state index in [1.165, 1.54) is 0 Å². The number of carbonyl (C=O) groups excluding carboxylic acids is 1. The van der Waals surface area contributed by atoms with Crippen molar-refractivity contribution in [3.63, 3.8) is 0 Å². The monoisotopic (exact) mass is 366 g/mol. The van der Waals surface area contributed by atoms with Gasteiger partial charge in [-0.05, 0) is 49.8 Å². The van der Waals surface area contributed by atoms with Gasteiger partial charge in [0.15, 0.2) is 9.84 Å². The Hall–Kier alpha value is -1.40. The highest BCUT2D eigenvalue weighted by Crippen LogP contribution is 2.35. The summed E-state index contributed by atoms with van der Waals surface area (Å²) in [5.74, 6) is -0.210. The summed E-state index contributed by atoms with van der Waals surface area (Å²) < 4.78 is 35.8. The van der Waals surface area contributed by atoms with Crippen LogP contribution in [0.3, 0.4) is 0 Å². The van der Waals surface area contributed by atoms with Crippen molar-refractivity contribution in [3.05, 3.63) is 29.8 Å². The summed E-state index contributed by atoms with van der Waals surface area (Å²) in [6.07, 6.45) is 5.55. The highest BCUT2D eigenvalue weighted by molar-refractivity contribution is 7.92. The second-order valence-electron chi connectivity index (χ2n) is 6.89. The molecule has 0 aromatic heterocycles. The molecule has 2 atom stereocenters. The molecule has 1 aliphatic carbocycles. The maximum atomic E-state index is 12.3. The van der Waals surface area contributed by atoms with E-state index in [4.69, 9.17) is 9.47 Å². The molecule has 1 aromatic carbocycles. The van der Waals surface area contributed by atoms with E-state index in [1.54, 1.807) is 12.1 Å². The molecule has 0 bridgehead atoms. The van der Waals surface area contributed by atoms with E-state index >= 15 is 0 Å². The van der Waals surface area contributed by atoms with Gasteiger partial charge in [-0.3, -0.25) is 4.79 Å². The molecule has 1 heterocycles. The molecule has 0 N–H and O–H groups in total. The topological polar surface area (TPSA) is 69.7 Å². The lowest BCUT2D eigenvalue weighted by molar-refractivity contribution is -0.204. The van der Waals surface area contributed by atoms with Gasteiger partial charge in [-0.1, -0.05) is 25.5 Å². The van der Waals surface area contributed by atoms with Gasteiger partial charge in [0.1, 0.15) is 0 Å². The van der Waals surface area contributed by atoms with Gasteiger partial charge in [-0.25, -0.2) is 8.42 Å². The molecule has 1 aliphatic heterocycles. The van der Waals surface area contributed by atoms with Crippen LogP contribution in [0.15, 0.2) is 29.2 Å². The Morgan fingerprint density at radius 2 is 1.88 bits per heavy atom. The number of sulfone groups is 1. The van der Waals surface area contributed by atoms with Gasteiger partial charge in [0.25, 0.3) is 0 Å². The lowest BCUT2D eigenvalue weighted by atomic mass is 10.0. The highest BCUT2D eigenvalue weighted by atomic mass is 32.2. The lowest BCUT2D eigenvalue weighted by Gasteiger charge is -2.30. The number of unbranched alkanes of at least 4 members (excludes halogenated alkanes) is 1. The van der Waals surface area contributed by atoms with Crippen LogP contribution in [0.5, 0.6) is 0 Å². The fourth-order valence-electron chi connectivity index (χ4n) is 3.09. The Labute approximate surface area is 149 Å². The number of hydrogen-bond donors (Lipinski definition) is 0. The molecule has 3 rings (SSSR count). The SMILES string of the molecule is CCCCC(=O)OC1CCCC(c2ccc(S(=O)(=O)C3CC3)cc2)O1. The predicted octanol–water partition coefficient (Wildman–Crippen LogP) is 3.92. The van der Waals surface area contributed by atoms with Gasteiger partial charge in [0.2, 0.25) is 6.29 Å². The quantitative estimate of drug-likeness (QED) is 0.684. The van der Waals surface area contributed by atoms with Crippen LogP contribution in [0, 0.1) is 0 Å². The Balaban J connectivity index is 1.60. The zero-order valence-corrected chi connectivity index (χ0v) is 15.5. The Morgan fingerprint density at radius 1 is 1.16 bits per heavy atom. The van der Waals surface area contributed by atoms with Crippen LogP contribution < -0.4 is 0 Å². The minimum absolute atomic E-state index is 0.157. The molecule has 1 aromatic rings. The van der Waals surface area contributed by atoms with E-state index in [-0.39, 0.29) is 17.3 Å². The number of hydrogen-bond acceptors (Lipinski definition) is 5. The third-order valence-electron chi connectivity index (χ3n) is 4.76. The first-order valence-corrected chi connectivity index (χ1v) is 10.7. The second-order valence-corrected chi connectivity index (χ2v) is 9.12. The minimum atomic E-state index is -3.16. The maximum Gasteiger partial charge on any atom is 0.308 e. The van der Waals surface area contributed by atoms with Crippen molar-refractivity contribution in [1.82, 2.24) is 0 Å². The van der Waals surface area contributed by atoms with E-state index in [1.807, 2.05) is 19.1 Å². The van der Waals surface area contributed by atoms with Crippen molar-refractivity contribution >= 4 is 15.8 Å². The molecule has 1 saturated heterocycles. The molecule has 138 valence electrons. The van der Waals surface area contributed by atoms with E-state index in [0.29, 0.717) is 17.7 Å². The Kier molecular flexibility index (Phi) is 5.79. The second kappa shape index (κ2) is 7.87. The summed E-state index contributed by atoms with van der Waals surface area (Å²) >= 11 is 0. The summed E-state index contributed by atoms with van der Waals surface area (Å²) in [4.78, 5) is 12.2. The molecule has 6 heteroatoms. The average Bonchev–Trinajstić information content (AvgIpc) is 3.46. The third kappa shape index (κ3) is 4.61. The molecule has 1 saturated carbocycles. The molecule has 0 spiro atoms. The predicted molar refractivity (Wildman–Crippen MR) is 93.7 cm³/mol. The smallest absolute Gasteiger partial charge is 0.308 e. The van der Waals surface area contributed by atoms with E-state index in [2.05, 4.69) is 0 Å². The van der Waals surface area contributed by atoms with Gasteiger partial charge < -0.3 is 9.47 Å². The number of rotatable bonds is 7. The van der Waals surface area contributed by atoms with Crippen LogP contribution >= 0.6 is 0 Å². The first kappa shape index (κ1) is 18.4. The molecule has 2 fully saturated rings. The molecule has 2 aliphatic rings. The summed E-state index contributed by atoms with van der Waals surface area (Å²) in [7, 11) is -3.16. The normalized spacial score (nSPS) is 24.0. The fraction of sp³-hybridized carbons (Fsp3) is 0.632. The lowest BCUT2D eigenvalue weighted by Crippen LogP contribution is -2.27. The van der Waals surface area contributed by atoms with Crippen LogP contribution in [0.2, 0.25) is 0 Å². The highest BCUT2D eigenvalue weighted by Gasteiger charge is 2.37. The number of ether oxygens (including phenoxy) is 2. The minimum Gasteiger partial charge on any atom is -0.436 e. The van der Waals surface area contributed by atoms with Crippen molar-refractivity contribution in [2.75, 3.05) is 0 Å². The summed E-state index contributed by atoms with van der Waals surface area (Å²) in [5.41, 5.74) is 0.934. The first-order chi connectivity index (χ1) is 12.0. The molecular formula is C19H26O5S. The van der Waals surface area contributed by atoms with Crippen molar-refractivity contribution in [3.8, 4) is 0 Å². The van der Waals surface area contributed by atoms with Gasteiger partial charge in [0.05, 0.1) is 16.2 Å². The van der Waals surface area contributed by atoms with Gasteiger partial charge in [0, 0.05) is 12.8 Å². The summed E-state index contributed by atoms with van der Waals surface area (Å²) in [6, 6.07) is 6.98. The van der Waals surface area contributed by atoms with Gasteiger partial charge >= 0.3 is 5.97 Å². The largest absolute Gasteiger partial charge is 0.436 e. The zero-order valence-electron chi connectivity index (χ0n) is 14.6. The van der Waals surface area contributed by atoms with Crippen LogP contribution in [-0.2, 0) is 24.1 Å². The van der Waals surface area contributed by atoms with Crippen LogP contribution in [-0.4, -0.2) is 25.9 Å². The average molecular weight is 366 g/mol. The van der Waals surface area contributed by atoms with Gasteiger partial charge in [-0.15, -0.1) is 0 Å². The number of esters is 1. The summed E-state index contributed by atoms with van der Waals surface area (Å²) in [5, 5.41) is -0.198. The van der Waals surface area contributed by atoms with Crippen LogP contribution in [0.25, 0.3) is 0 Å². The molecule has 5 nitrogen and oxygen atoms in total. The van der Waals surface area contributed by atoms with E-state index in [9.17, 15) is 13.2 Å². The summed E-state index contributed by atoms with van der Waals surface area (Å²) in [6.45, 7) is 2.04. The molecule has 0 amide bonds. The Bertz CT molecular complexity index is 691. The van der Waals surface area contributed by atoms with E-state index in [0.717, 1.165) is 44.1 Å². The molecule has 25 heavy (non-hydrogen) atoms. The molecular weight excluding hydrogens is 340 g/mol. The van der Waals surface area contributed by atoms with Crippen molar-refractivity contribution < 1.29 is 22.7 Å². The van der Waals surface area contributed by atoms with Crippen molar-refractivity contribution in [1.29, 1.82) is 0 Å². The van der Waals surface area contributed by atoms with Crippen LogP contribution in [0.4, 0.5) is 0 Å². The van der Waals surface area contributed by atoms with E-state index < -0.39 is 16.1 Å². The van der Waals surface area contributed by atoms with Crippen molar-refractivity contribution in [2.24, 2.45) is 0 Å². The third-order valence-corrected chi connectivity index (χ3v) is 7.04. The standard InChI is InChI=1S/C19H26O5S/c1-2-3-6-18(20)24-19-7-4-5-17(23-19)14-8-10-15(11-9-14)25(21,22)16-12-13-16/h8-11,16-17,19H,2-7,12-13H2,1H3. The zero-order chi connectivity index (χ0) is 17.9. The fourth-order valence-corrected chi connectivity index (χ4v) is 4.75. The van der Waals surface area contributed by atoms with Crippen molar-refractivity contribution in [2.45, 2.75) is 80.8 Å². The first-order valence-electron chi connectivity index (χ1n) is 9.19. The Morgan fingerprint density at radius 3 is 2.52 bits per heavy atom. The van der Waals surface area contributed by atoms with Gasteiger partial charge in [-0.2, -0.15) is 0 Å². The van der Waals surface area contributed by atoms with Crippen LogP contribution in [0.1, 0.15) is 70.0 Å². The molecule has 2 unspecified atom stereocenters.